The highest BCUT2D eigenvalue weighted by Gasteiger charge is 2.26. The molecule has 1 fully saturated rings. The van der Waals surface area contributed by atoms with Gasteiger partial charge in [0.15, 0.2) is 0 Å². The molecule has 0 spiro atoms. The number of rotatable bonds is 6. The second-order valence-corrected chi connectivity index (χ2v) is 10.9. The lowest BCUT2D eigenvalue weighted by Gasteiger charge is -2.36. The Labute approximate surface area is 220 Å². The summed E-state index contributed by atoms with van der Waals surface area (Å²) in [4.78, 5) is 32.8. The van der Waals surface area contributed by atoms with Gasteiger partial charge in [-0.2, -0.15) is 0 Å². The average Bonchev–Trinajstić information content (AvgIpc) is 2.96. The number of pyridine rings is 1. The molecule has 0 radical (unpaired) electrons. The second-order valence-electron chi connectivity index (χ2n) is 8.95. The highest BCUT2D eigenvalue weighted by molar-refractivity contribution is 7.93. The number of anilines is 2. The zero-order valence-corrected chi connectivity index (χ0v) is 21.5. The van der Waals surface area contributed by atoms with E-state index in [9.17, 15) is 23.1 Å². The summed E-state index contributed by atoms with van der Waals surface area (Å²) in [5.74, 6) is -1.14. The minimum atomic E-state index is -3.89. The fraction of sp³-hybridized carbons (Fsp3) is 0.179. The number of piperazine rings is 1. The van der Waals surface area contributed by atoms with Crippen LogP contribution in [0.2, 0.25) is 0 Å². The number of para-hydroxylation sites is 2. The summed E-state index contributed by atoms with van der Waals surface area (Å²) in [5.41, 5.74) is 2.15. The van der Waals surface area contributed by atoms with E-state index in [-0.39, 0.29) is 16.4 Å². The first-order valence-electron chi connectivity index (χ1n) is 12.1. The summed E-state index contributed by atoms with van der Waals surface area (Å²) >= 11 is 0. The third kappa shape index (κ3) is 4.66. The maximum atomic E-state index is 13.4. The van der Waals surface area contributed by atoms with Crippen LogP contribution >= 0.6 is 0 Å². The topological polar surface area (TPSA) is 111 Å². The highest BCUT2D eigenvalue weighted by Crippen LogP contribution is 2.28. The molecular formula is C28H26N4O5S. The second kappa shape index (κ2) is 10.1. The smallest absolute Gasteiger partial charge is 0.337 e. The SMILES string of the molecule is CN(c1ccc(C(=O)N2CCN(c3ccccc3C(=O)O)CC2)cc1)S(=O)(=O)c1cccc2cccnc12. The minimum Gasteiger partial charge on any atom is -0.478 e. The largest absolute Gasteiger partial charge is 0.478 e. The van der Waals surface area contributed by atoms with E-state index in [1.165, 1.54) is 17.4 Å². The monoisotopic (exact) mass is 530 g/mol. The number of aromatic nitrogens is 1. The average molecular weight is 531 g/mol. The number of carbonyl (C=O) groups excluding carboxylic acids is 1. The maximum absolute atomic E-state index is 13.4. The van der Waals surface area contributed by atoms with Gasteiger partial charge in [0.25, 0.3) is 15.9 Å². The van der Waals surface area contributed by atoms with Crippen molar-refractivity contribution in [3.63, 3.8) is 0 Å². The number of amides is 1. The van der Waals surface area contributed by atoms with E-state index in [2.05, 4.69) is 4.98 Å². The van der Waals surface area contributed by atoms with Gasteiger partial charge in [-0.25, -0.2) is 13.2 Å². The van der Waals surface area contributed by atoms with E-state index in [0.29, 0.717) is 48.6 Å². The molecule has 9 nitrogen and oxygen atoms in total. The fourth-order valence-corrected chi connectivity index (χ4v) is 6.01. The number of hydrogen-bond acceptors (Lipinski definition) is 6. The van der Waals surface area contributed by atoms with E-state index >= 15 is 0 Å². The number of sulfonamides is 1. The van der Waals surface area contributed by atoms with Crippen LogP contribution in [0.4, 0.5) is 11.4 Å². The van der Waals surface area contributed by atoms with Gasteiger partial charge >= 0.3 is 5.97 Å². The summed E-state index contributed by atoms with van der Waals surface area (Å²) in [5, 5.41) is 10.2. The molecule has 1 amide bonds. The molecule has 4 aromatic rings. The molecule has 10 heteroatoms. The van der Waals surface area contributed by atoms with E-state index in [1.54, 1.807) is 71.8 Å². The summed E-state index contributed by atoms with van der Waals surface area (Å²) in [6, 6.07) is 21.9. The van der Waals surface area contributed by atoms with Crippen LogP contribution in [-0.2, 0) is 10.0 Å². The molecule has 2 heterocycles. The normalized spacial score (nSPS) is 13.9. The summed E-state index contributed by atoms with van der Waals surface area (Å²) in [6.45, 7) is 1.90. The molecule has 0 unspecified atom stereocenters. The third-order valence-electron chi connectivity index (χ3n) is 6.75. The quantitative estimate of drug-likeness (QED) is 0.404. The lowest BCUT2D eigenvalue weighted by molar-refractivity contribution is 0.0693. The van der Waals surface area contributed by atoms with Crippen molar-refractivity contribution in [2.75, 3.05) is 42.4 Å². The van der Waals surface area contributed by atoms with Crippen molar-refractivity contribution < 1.29 is 23.1 Å². The van der Waals surface area contributed by atoms with Crippen molar-refractivity contribution in [2.24, 2.45) is 0 Å². The van der Waals surface area contributed by atoms with E-state index < -0.39 is 16.0 Å². The van der Waals surface area contributed by atoms with Crippen molar-refractivity contribution in [1.29, 1.82) is 0 Å². The van der Waals surface area contributed by atoms with Gasteiger partial charge in [-0.15, -0.1) is 0 Å². The van der Waals surface area contributed by atoms with Crippen LogP contribution in [0.1, 0.15) is 20.7 Å². The van der Waals surface area contributed by atoms with Crippen molar-refractivity contribution >= 4 is 44.2 Å². The van der Waals surface area contributed by atoms with Crippen molar-refractivity contribution in [2.45, 2.75) is 4.90 Å². The number of carbonyl (C=O) groups is 2. The molecule has 0 bridgehead atoms. The maximum Gasteiger partial charge on any atom is 0.337 e. The van der Waals surface area contributed by atoms with Crippen molar-refractivity contribution in [3.05, 3.63) is 96.2 Å². The Bertz CT molecular complexity index is 1610. The van der Waals surface area contributed by atoms with Crippen LogP contribution in [0.3, 0.4) is 0 Å². The Morgan fingerprint density at radius 1 is 0.868 bits per heavy atom. The van der Waals surface area contributed by atoms with Crippen LogP contribution < -0.4 is 9.21 Å². The van der Waals surface area contributed by atoms with Gasteiger partial charge in [0.05, 0.1) is 22.5 Å². The minimum absolute atomic E-state index is 0.112. The van der Waals surface area contributed by atoms with E-state index in [1.807, 2.05) is 17.0 Å². The Morgan fingerprint density at radius 2 is 1.55 bits per heavy atom. The summed E-state index contributed by atoms with van der Waals surface area (Å²) in [6.07, 6.45) is 1.56. The van der Waals surface area contributed by atoms with E-state index in [4.69, 9.17) is 0 Å². The number of nitrogens with zero attached hydrogens (tertiary/aromatic N) is 4. The van der Waals surface area contributed by atoms with Gasteiger partial charge in [-0.3, -0.25) is 14.1 Å². The predicted octanol–water partition coefficient (Wildman–Crippen LogP) is 3.72. The number of aromatic carboxylic acids is 1. The molecule has 38 heavy (non-hydrogen) atoms. The van der Waals surface area contributed by atoms with Crippen LogP contribution in [0.15, 0.2) is 90.0 Å². The number of benzene rings is 3. The Morgan fingerprint density at radius 3 is 2.26 bits per heavy atom. The number of carboxylic acid groups (broad SMARTS) is 1. The number of fused-ring (bicyclic) bond motifs is 1. The summed E-state index contributed by atoms with van der Waals surface area (Å²) < 4.78 is 28.0. The van der Waals surface area contributed by atoms with E-state index in [0.717, 1.165) is 5.39 Å². The molecule has 1 saturated heterocycles. The van der Waals surface area contributed by atoms with Gasteiger partial charge in [0.1, 0.15) is 4.90 Å². The standard InChI is InChI=1S/C28H26N4O5S/c1-30(38(36,37)25-10-4-6-20-7-5-15-29-26(20)25)22-13-11-21(12-14-22)27(33)32-18-16-31(17-19-32)24-9-3-2-8-23(24)28(34)35/h2-15H,16-19H2,1H3,(H,34,35). The zero-order chi connectivity index (χ0) is 26.9. The van der Waals surface area contributed by atoms with Crippen LogP contribution in [-0.4, -0.2) is 68.5 Å². The molecule has 5 rings (SSSR count). The predicted molar refractivity (Wildman–Crippen MR) is 145 cm³/mol. The first-order valence-corrected chi connectivity index (χ1v) is 13.5. The van der Waals surface area contributed by atoms with Crippen molar-refractivity contribution in [1.82, 2.24) is 9.88 Å². The Balaban J connectivity index is 1.29. The molecule has 1 aliphatic rings. The summed E-state index contributed by atoms with van der Waals surface area (Å²) in [7, 11) is -2.41. The van der Waals surface area contributed by atoms with Gasteiger partial charge in [0.2, 0.25) is 0 Å². The fourth-order valence-electron chi connectivity index (χ4n) is 4.65. The number of carboxylic acids is 1. The molecule has 194 valence electrons. The van der Waals surface area contributed by atoms with Crippen LogP contribution in [0.25, 0.3) is 10.9 Å². The van der Waals surface area contributed by atoms with Crippen LogP contribution in [0.5, 0.6) is 0 Å². The molecule has 1 aliphatic heterocycles. The van der Waals surface area contributed by atoms with Gasteiger partial charge < -0.3 is 14.9 Å². The first-order chi connectivity index (χ1) is 18.3. The third-order valence-corrected chi connectivity index (χ3v) is 8.57. The molecule has 3 aromatic carbocycles. The molecule has 0 saturated carbocycles. The van der Waals surface area contributed by atoms with Gasteiger partial charge in [0, 0.05) is 50.4 Å². The zero-order valence-electron chi connectivity index (χ0n) is 20.7. The van der Waals surface area contributed by atoms with Crippen molar-refractivity contribution in [3.8, 4) is 0 Å². The van der Waals surface area contributed by atoms with Gasteiger partial charge in [-0.1, -0.05) is 30.3 Å². The van der Waals surface area contributed by atoms with Crippen LogP contribution in [0, 0.1) is 0 Å². The Hall–Kier alpha value is -4.44. The lowest BCUT2D eigenvalue weighted by Crippen LogP contribution is -2.49. The highest BCUT2D eigenvalue weighted by atomic mass is 32.2. The molecule has 0 aliphatic carbocycles. The molecule has 1 N–H and O–H groups in total. The molecule has 1 aromatic heterocycles. The lowest BCUT2D eigenvalue weighted by atomic mass is 10.1. The first kappa shape index (κ1) is 25.2. The van der Waals surface area contributed by atoms with Gasteiger partial charge in [-0.05, 0) is 48.5 Å². The molecular weight excluding hydrogens is 504 g/mol. The Kier molecular flexibility index (Phi) is 6.73. The molecule has 0 atom stereocenters. The number of hydrogen-bond donors (Lipinski definition) is 1.